The van der Waals surface area contributed by atoms with Crippen molar-refractivity contribution in [1.82, 2.24) is 13.9 Å². The van der Waals surface area contributed by atoms with E-state index in [1.54, 1.807) is 0 Å². The molecule has 3 aromatic rings. The van der Waals surface area contributed by atoms with Gasteiger partial charge in [0.05, 0.1) is 11.0 Å². The van der Waals surface area contributed by atoms with Crippen LogP contribution < -0.4 is 4.18 Å². The molecule has 1 aliphatic heterocycles. The molecule has 1 aliphatic carbocycles. The molecule has 17 heteroatoms. The maximum atomic E-state index is 13.5. The van der Waals surface area contributed by atoms with E-state index in [0.29, 0.717) is 36.7 Å². The van der Waals surface area contributed by atoms with Crippen molar-refractivity contribution in [2.75, 3.05) is 6.54 Å². The van der Waals surface area contributed by atoms with Crippen molar-refractivity contribution in [3.8, 4) is 5.75 Å². The maximum Gasteiger partial charge on any atom is 0.534 e. The van der Waals surface area contributed by atoms with Crippen LogP contribution in [0.15, 0.2) is 42.7 Å². The Bertz CT molecular complexity index is 1700. The summed E-state index contributed by atoms with van der Waals surface area (Å²) in [6, 6.07) is 6.77. The highest BCUT2D eigenvalue weighted by atomic mass is 32.2. The number of fused-ring (bicyclic) bond motifs is 4. The second kappa shape index (κ2) is 8.84. The van der Waals surface area contributed by atoms with Gasteiger partial charge in [-0.3, -0.25) is 4.79 Å². The highest BCUT2D eigenvalue weighted by Crippen LogP contribution is 2.44. The molecule has 5 rings (SSSR count). The summed E-state index contributed by atoms with van der Waals surface area (Å²) < 4.78 is 128. The van der Waals surface area contributed by atoms with Crippen LogP contribution in [-0.2, 0) is 26.6 Å². The summed E-state index contributed by atoms with van der Waals surface area (Å²) in [5.41, 5.74) is -10.6. The lowest BCUT2D eigenvalue weighted by molar-refractivity contribution is -0.0500. The van der Waals surface area contributed by atoms with Crippen molar-refractivity contribution in [3.63, 3.8) is 0 Å². The van der Waals surface area contributed by atoms with Gasteiger partial charge in [0.25, 0.3) is 5.91 Å². The largest absolute Gasteiger partial charge is 0.534 e. The number of amides is 1. The molecule has 0 bridgehead atoms. The first kappa shape index (κ1) is 27.2. The van der Waals surface area contributed by atoms with E-state index in [1.807, 2.05) is 0 Å². The van der Waals surface area contributed by atoms with E-state index >= 15 is 0 Å². The molecule has 0 N–H and O–H groups in total. The standard InChI is InChI=1S/C22H17F6N3O6S2/c23-21(24,25)38(33,34)31-11-29-17-6-4-13(9-19(17)31)20(32)30-7-1-2-15-16-10-14(5-3-12(16)8-18(15)30)37-39(35,36)22(26,27)28/h3-6,9-11,15,18H,1-2,7-8H2/t15-,18?/m1/s1. The second-order valence-corrected chi connectivity index (χ2v) is 12.4. The van der Waals surface area contributed by atoms with Crippen LogP contribution >= 0.6 is 0 Å². The number of alkyl halides is 6. The number of likely N-dealkylation sites (tertiary alicyclic amines) is 1. The zero-order chi connectivity index (χ0) is 28.5. The smallest absolute Gasteiger partial charge is 0.376 e. The minimum Gasteiger partial charge on any atom is -0.376 e. The van der Waals surface area contributed by atoms with Crippen molar-refractivity contribution < 1.29 is 52.2 Å². The van der Waals surface area contributed by atoms with Crippen molar-refractivity contribution in [2.45, 2.75) is 42.2 Å². The van der Waals surface area contributed by atoms with Crippen LogP contribution in [0.4, 0.5) is 26.3 Å². The molecule has 1 saturated heterocycles. The molecule has 1 amide bonds. The number of benzene rings is 2. The first-order valence-corrected chi connectivity index (χ1v) is 14.1. The monoisotopic (exact) mass is 597 g/mol. The maximum absolute atomic E-state index is 13.5. The van der Waals surface area contributed by atoms with E-state index in [0.717, 1.165) is 12.1 Å². The summed E-state index contributed by atoms with van der Waals surface area (Å²) in [6.45, 7) is 0.262. The SMILES string of the molecule is O=C(c1ccc2ncn(S(=O)(=O)C(F)(F)F)c2c1)N1CCC[C@@H]2c3cc(OS(=O)(=O)C(F)(F)F)ccc3CC21. The van der Waals surface area contributed by atoms with E-state index in [2.05, 4.69) is 9.17 Å². The predicted octanol–water partition coefficient (Wildman–Crippen LogP) is 3.91. The molecule has 2 heterocycles. The molecular weight excluding hydrogens is 580 g/mol. The Kier molecular flexibility index (Phi) is 6.17. The van der Waals surface area contributed by atoms with E-state index in [9.17, 15) is 48.0 Å². The highest BCUT2D eigenvalue weighted by molar-refractivity contribution is 7.91. The van der Waals surface area contributed by atoms with Gasteiger partial charge in [-0.05, 0) is 60.7 Å². The van der Waals surface area contributed by atoms with Crippen LogP contribution in [0.5, 0.6) is 5.75 Å². The lowest BCUT2D eigenvalue weighted by Gasteiger charge is -2.38. The molecule has 1 aromatic heterocycles. The van der Waals surface area contributed by atoms with Crippen LogP contribution in [0.2, 0.25) is 0 Å². The number of hydrogen-bond acceptors (Lipinski definition) is 7. The zero-order valence-corrected chi connectivity index (χ0v) is 21.0. The molecule has 1 unspecified atom stereocenters. The quantitative estimate of drug-likeness (QED) is 0.255. The Morgan fingerprint density at radius 3 is 2.36 bits per heavy atom. The fourth-order valence-electron chi connectivity index (χ4n) is 5.07. The molecule has 2 atom stereocenters. The van der Waals surface area contributed by atoms with Crippen molar-refractivity contribution in [1.29, 1.82) is 0 Å². The van der Waals surface area contributed by atoms with Gasteiger partial charge in [-0.15, -0.1) is 0 Å². The number of imidazole rings is 1. The molecule has 0 radical (unpaired) electrons. The third-order valence-electron chi connectivity index (χ3n) is 6.79. The molecule has 39 heavy (non-hydrogen) atoms. The van der Waals surface area contributed by atoms with E-state index in [1.165, 1.54) is 29.2 Å². The molecule has 9 nitrogen and oxygen atoms in total. The van der Waals surface area contributed by atoms with E-state index < -0.39 is 54.4 Å². The summed E-state index contributed by atoms with van der Waals surface area (Å²) in [5.74, 6) is -1.48. The predicted molar refractivity (Wildman–Crippen MR) is 123 cm³/mol. The van der Waals surface area contributed by atoms with Crippen molar-refractivity contribution in [3.05, 3.63) is 59.4 Å². The van der Waals surface area contributed by atoms with Crippen LogP contribution in [0.3, 0.4) is 0 Å². The van der Waals surface area contributed by atoms with Gasteiger partial charge in [-0.2, -0.15) is 43.2 Å². The lowest BCUT2D eigenvalue weighted by atomic mass is 9.88. The Morgan fingerprint density at radius 2 is 1.69 bits per heavy atom. The Morgan fingerprint density at radius 1 is 0.974 bits per heavy atom. The molecular formula is C22H17F6N3O6S2. The average Bonchev–Trinajstić information content (AvgIpc) is 3.43. The summed E-state index contributed by atoms with van der Waals surface area (Å²) >= 11 is 0. The zero-order valence-electron chi connectivity index (χ0n) is 19.4. The molecule has 2 aliphatic rings. The number of carbonyl (C=O) groups excluding carboxylic acids is 1. The van der Waals surface area contributed by atoms with Crippen LogP contribution in [0, 0.1) is 0 Å². The van der Waals surface area contributed by atoms with Gasteiger partial charge in [-0.1, -0.05) is 6.07 Å². The minimum atomic E-state index is -5.88. The fourth-order valence-corrected chi connectivity index (χ4v) is 6.32. The number of carbonyl (C=O) groups is 1. The topological polar surface area (TPSA) is 116 Å². The van der Waals surface area contributed by atoms with Gasteiger partial charge in [0.15, 0.2) is 0 Å². The first-order chi connectivity index (χ1) is 18.0. The Labute approximate surface area is 217 Å². The molecule has 0 saturated carbocycles. The number of rotatable bonds is 4. The Hall–Kier alpha value is -3.34. The first-order valence-electron chi connectivity index (χ1n) is 11.2. The van der Waals surface area contributed by atoms with Crippen LogP contribution in [0.25, 0.3) is 11.0 Å². The van der Waals surface area contributed by atoms with Gasteiger partial charge in [0.2, 0.25) is 0 Å². The lowest BCUT2D eigenvalue weighted by Crippen LogP contribution is -2.46. The fraction of sp³-hybridized carbons (Fsp3) is 0.364. The van der Waals surface area contributed by atoms with Gasteiger partial charge in [-0.25, -0.2) is 8.96 Å². The third kappa shape index (κ3) is 4.50. The molecule has 1 fully saturated rings. The highest BCUT2D eigenvalue weighted by Gasteiger charge is 2.49. The Balaban J connectivity index is 1.44. The van der Waals surface area contributed by atoms with Gasteiger partial charge >= 0.3 is 31.2 Å². The number of halogens is 6. The molecule has 0 spiro atoms. The van der Waals surface area contributed by atoms with Gasteiger partial charge in [0, 0.05) is 24.1 Å². The second-order valence-electron chi connectivity index (χ2n) is 9.06. The number of hydrogen-bond donors (Lipinski definition) is 0. The summed E-state index contributed by atoms with van der Waals surface area (Å²) in [7, 11) is -11.7. The number of piperidine rings is 1. The molecule has 210 valence electrons. The average molecular weight is 598 g/mol. The number of nitrogens with zero attached hydrogens (tertiary/aromatic N) is 3. The van der Waals surface area contributed by atoms with E-state index in [4.69, 9.17) is 0 Å². The summed E-state index contributed by atoms with van der Waals surface area (Å²) in [6.07, 6.45) is 1.80. The third-order valence-corrected chi connectivity index (χ3v) is 9.16. The van der Waals surface area contributed by atoms with Gasteiger partial charge < -0.3 is 9.08 Å². The van der Waals surface area contributed by atoms with E-state index in [-0.39, 0.29) is 27.5 Å². The van der Waals surface area contributed by atoms with Crippen LogP contribution in [-0.4, -0.2) is 60.2 Å². The van der Waals surface area contributed by atoms with Crippen LogP contribution in [0.1, 0.15) is 40.2 Å². The summed E-state index contributed by atoms with van der Waals surface area (Å²) in [4.78, 5) is 18.6. The molecule has 2 aromatic carbocycles. The van der Waals surface area contributed by atoms with Crippen molar-refractivity contribution in [2.24, 2.45) is 0 Å². The van der Waals surface area contributed by atoms with Gasteiger partial charge in [0.1, 0.15) is 12.1 Å². The number of aromatic nitrogens is 2. The minimum absolute atomic E-state index is 0.0416. The van der Waals surface area contributed by atoms with Crippen molar-refractivity contribution >= 4 is 37.1 Å². The summed E-state index contributed by atoms with van der Waals surface area (Å²) in [5, 5.41) is 0. The normalized spacial score (nSPS) is 20.1.